The van der Waals surface area contributed by atoms with E-state index in [1.165, 1.54) is 12.8 Å². The molecule has 3 aromatic heterocycles. The van der Waals surface area contributed by atoms with Gasteiger partial charge in [-0.25, -0.2) is 4.98 Å². The van der Waals surface area contributed by atoms with E-state index in [0.717, 1.165) is 18.4 Å². The van der Waals surface area contributed by atoms with Gasteiger partial charge in [0.05, 0.1) is 16.1 Å². The van der Waals surface area contributed by atoms with Gasteiger partial charge in [0.15, 0.2) is 11.5 Å². The van der Waals surface area contributed by atoms with Crippen LogP contribution in [0, 0.1) is 0 Å². The number of rotatable bonds is 3. The molecule has 0 radical (unpaired) electrons. The SMILES string of the molecule is CC(C)n1c(=O)c2c(-c3nc(C4CCCC4)no3)ncn2c2cccc(Cl)c21. The number of imidazole rings is 1. The van der Waals surface area contributed by atoms with Crippen LogP contribution in [0.4, 0.5) is 0 Å². The van der Waals surface area contributed by atoms with Gasteiger partial charge in [-0.05, 0) is 38.8 Å². The van der Waals surface area contributed by atoms with Gasteiger partial charge in [0.25, 0.3) is 11.4 Å². The molecule has 0 atom stereocenters. The summed E-state index contributed by atoms with van der Waals surface area (Å²) >= 11 is 6.44. The molecule has 3 heterocycles. The molecule has 8 heteroatoms. The first kappa shape index (κ1) is 17.4. The van der Waals surface area contributed by atoms with Gasteiger partial charge in [-0.3, -0.25) is 9.20 Å². The summed E-state index contributed by atoms with van der Waals surface area (Å²) in [5, 5.41) is 4.69. The molecule has 1 aliphatic carbocycles. The minimum Gasteiger partial charge on any atom is -0.332 e. The van der Waals surface area contributed by atoms with Crippen LogP contribution in [0.25, 0.3) is 28.1 Å². The first-order chi connectivity index (χ1) is 13.6. The molecule has 0 spiro atoms. The molecule has 5 rings (SSSR count). The van der Waals surface area contributed by atoms with Gasteiger partial charge in [-0.2, -0.15) is 4.98 Å². The van der Waals surface area contributed by atoms with E-state index in [2.05, 4.69) is 15.1 Å². The second-order valence-corrected chi connectivity index (χ2v) is 8.03. The van der Waals surface area contributed by atoms with E-state index in [0.29, 0.717) is 33.5 Å². The van der Waals surface area contributed by atoms with Crippen LogP contribution in [0.15, 0.2) is 33.8 Å². The minimum atomic E-state index is -0.177. The summed E-state index contributed by atoms with van der Waals surface area (Å²) in [7, 11) is 0. The van der Waals surface area contributed by atoms with Gasteiger partial charge in [-0.15, -0.1) is 0 Å². The van der Waals surface area contributed by atoms with Crippen molar-refractivity contribution in [2.24, 2.45) is 0 Å². The Kier molecular flexibility index (Phi) is 4.01. The third-order valence-corrected chi connectivity index (χ3v) is 5.84. The molecule has 0 unspecified atom stereocenters. The molecule has 7 nitrogen and oxygen atoms in total. The lowest BCUT2D eigenvalue weighted by Crippen LogP contribution is -2.25. The van der Waals surface area contributed by atoms with Gasteiger partial charge in [-0.1, -0.05) is 35.7 Å². The second kappa shape index (κ2) is 6.44. The lowest BCUT2D eigenvalue weighted by molar-refractivity contribution is 0.415. The topological polar surface area (TPSA) is 78.2 Å². The molecule has 28 heavy (non-hydrogen) atoms. The zero-order chi connectivity index (χ0) is 19.4. The predicted octanol–water partition coefficient (Wildman–Crippen LogP) is 4.59. The van der Waals surface area contributed by atoms with E-state index in [1.807, 2.05) is 26.0 Å². The van der Waals surface area contributed by atoms with Crippen molar-refractivity contribution in [2.45, 2.75) is 51.5 Å². The standard InChI is InChI=1S/C20H20ClN5O2/c1-11(2)26-16-13(21)8-5-9-14(16)25-10-22-15(17(25)20(26)27)19-23-18(24-28-19)12-6-3-4-7-12/h5,8-12H,3-4,6-7H2,1-2H3. The Morgan fingerprint density at radius 1 is 1.21 bits per heavy atom. The van der Waals surface area contributed by atoms with Crippen LogP contribution in [0.1, 0.15) is 57.3 Å². The van der Waals surface area contributed by atoms with Gasteiger partial charge in [0, 0.05) is 12.0 Å². The summed E-state index contributed by atoms with van der Waals surface area (Å²) in [4.78, 5) is 22.4. The molecular formula is C20H20ClN5O2. The van der Waals surface area contributed by atoms with Crippen molar-refractivity contribution in [3.8, 4) is 11.6 Å². The quantitative estimate of drug-likeness (QED) is 0.505. The summed E-state index contributed by atoms with van der Waals surface area (Å²) in [6.07, 6.45) is 6.15. The number of hydrogen-bond acceptors (Lipinski definition) is 5. The number of para-hydroxylation sites is 1. The molecule has 0 aliphatic heterocycles. The molecule has 1 saturated carbocycles. The third kappa shape index (κ3) is 2.49. The molecule has 0 N–H and O–H groups in total. The highest BCUT2D eigenvalue weighted by molar-refractivity contribution is 6.35. The molecule has 144 valence electrons. The molecule has 1 aliphatic rings. The van der Waals surface area contributed by atoms with Gasteiger partial charge < -0.3 is 9.09 Å². The van der Waals surface area contributed by atoms with Crippen LogP contribution in [0.5, 0.6) is 0 Å². The van der Waals surface area contributed by atoms with Crippen molar-refractivity contribution < 1.29 is 4.52 Å². The summed E-state index contributed by atoms with van der Waals surface area (Å²) in [6, 6.07) is 5.51. The summed E-state index contributed by atoms with van der Waals surface area (Å²) < 4.78 is 8.97. The number of nitrogens with zero attached hydrogens (tertiary/aromatic N) is 5. The van der Waals surface area contributed by atoms with E-state index in [4.69, 9.17) is 16.1 Å². The average Bonchev–Trinajstić information content (AvgIpc) is 3.41. The van der Waals surface area contributed by atoms with Crippen LogP contribution in [-0.2, 0) is 0 Å². The van der Waals surface area contributed by atoms with E-state index in [1.54, 1.807) is 21.4 Å². The molecule has 4 aromatic rings. The zero-order valence-corrected chi connectivity index (χ0v) is 16.5. The molecule has 0 amide bonds. The third-order valence-electron chi connectivity index (χ3n) is 5.54. The van der Waals surface area contributed by atoms with Crippen molar-refractivity contribution >= 4 is 28.2 Å². The Bertz CT molecular complexity index is 1250. The number of aromatic nitrogens is 5. The van der Waals surface area contributed by atoms with Crippen molar-refractivity contribution in [1.82, 2.24) is 24.1 Å². The maximum Gasteiger partial charge on any atom is 0.278 e. The van der Waals surface area contributed by atoms with Gasteiger partial charge >= 0.3 is 0 Å². The Morgan fingerprint density at radius 2 is 2.00 bits per heavy atom. The fourth-order valence-corrected chi connectivity index (χ4v) is 4.48. The zero-order valence-electron chi connectivity index (χ0n) is 15.7. The van der Waals surface area contributed by atoms with E-state index >= 15 is 0 Å². The Labute approximate surface area is 166 Å². The Balaban J connectivity index is 1.78. The average molecular weight is 398 g/mol. The predicted molar refractivity (Wildman–Crippen MR) is 107 cm³/mol. The highest BCUT2D eigenvalue weighted by atomic mass is 35.5. The number of halogens is 1. The van der Waals surface area contributed by atoms with Crippen LogP contribution in [0.2, 0.25) is 5.02 Å². The molecule has 1 aromatic carbocycles. The first-order valence-corrected chi connectivity index (χ1v) is 9.98. The highest BCUT2D eigenvalue weighted by Gasteiger charge is 2.26. The molecular weight excluding hydrogens is 378 g/mol. The monoisotopic (exact) mass is 397 g/mol. The van der Waals surface area contributed by atoms with Crippen molar-refractivity contribution in [3.05, 3.63) is 45.7 Å². The number of hydrogen-bond donors (Lipinski definition) is 0. The molecule has 1 fully saturated rings. The van der Waals surface area contributed by atoms with Crippen LogP contribution < -0.4 is 5.56 Å². The normalized spacial score (nSPS) is 15.4. The maximum absolute atomic E-state index is 13.4. The van der Waals surface area contributed by atoms with Crippen LogP contribution in [0.3, 0.4) is 0 Å². The summed E-state index contributed by atoms with van der Waals surface area (Å²) in [5.41, 5.74) is 2.16. The van der Waals surface area contributed by atoms with E-state index in [9.17, 15) is 4.79 Å². The molecule has 0 saturated heterocycles. The number of benzene rings is 1. The van der Waals surface area contributed by atoms with Crippen molar-refractivity contribution in [3.63, 3.8) is 0 Å². The van der Waals surface area contributed by atoms with E-state index in [-0.39, 0.29) is 17.5 Å². The second-order valence-electron chi connectivity index (χ2n) is 7.63. The summed E-state index contributed by atoms with van der Waals surface area (Å²) in [5.74, 6) is 1.33. The van der Waals surface area contributed by atoms with E-state index < -0.39 is 0 Å². The van der Waals surface area contributed by atoms with Gasteiger partial charge in [0.2, 0.25) is 0 Å². The van der Waals surface area contributed by atoms with Crippen molar-refractivity contribution in [1.29, 1.82) is 0 Å². The lowest BCUT2D eigenvalue weighted by atomic mass is 10.1. The molecule has 0 bridgehead atoms. The largest absolute Gasteiger partial charge is 0.332 e. The van der Waals surface area contributed by atoms with Crippen LogP contribution in [-0.4, -0.2) is 24.1 Å². The fourth-order valence-electron chi connectivity index (χ4n) is 4.22. The first-order valence-electron chi connectivity index (χ1n) is 9.60. The lowest BCUT2D eigenvalue weighted by Gasteiger charge is -2.16. The van der Waals surface area contributed by atoms with Crippen LogP contribution >= 0.6 is 11.6 Å². The Hall–Kier alpha value is -2.67. The van der Waals surface area contributed by atoms with Crippen molar-refractivity contribution in [2.75, 3.05) is 0 Å². The minimum absolute atomic E-state index is 0.0700. The Morgan fingerprint density at radius 3 is 2.75 bits per heavy atom. The highest BCUT2D eigenvalue weighted by Crippen LogP contribution is 2.34. The summed E-state index contributed by atoms with van der Waals surface area (Å²) in [6.45, 7) is 3.92. The maximum atomic E-state index is 13.4. The number of fused-ring (bicyclic) bond motifs is 3. The smallest absolute Gasteiger partial charge is 0.278 e. The fraction of sp³-hybridized carbons (Fsp3) is 0.400. The van der Waals surface area contributed by atoms with Gasteiger partial charge in [0.1, 0.15) is 11.8 Å².